The van der Waals surface area contributed by atoms with Crippen LogP contribution in [0.2, 0.25) is 0 Å². The number of carbonyl (C=O) groups is 3. The summed E-state index contributed by atoms with van der Waals surface area (Å²) in [7, 11) is 0. The van der Waals surface area contributed by atoms with E-state index in [0.717, 1.165) is 18.8 Å². The van der Waals surface area contributed by atoms with E-state index in [4.69, 9.17) is 4.74 Å². The molecule has 0 heterocycles. The third-order valence-electron chi connectivity index (χ3n) is 3.92. The number of nitrogens with zero attached hydrogens (tertiary/aromatic N) is 1. The molecular weight excluding hydrogens is 346 g/mol. The Kier molecular flexibility index (Phi) is 7.37. The van der Waals surface area contributed by atoms with Crippen molar-refractivity contribution in [1.29, 1.82) is 0 Å². The molecule has 2 aromatic rings. The summed E-state index contributed by atoms with van der Waals surface area (Å²) in [6, 6.07) is 15.4. The van der Waals surface area contributed by atoms with E-state index in [0.29, 0.717) is 11.1 Å². The van der Waals surface area contributed by atoms with Gasteiger partial charge in [-0.05, 0) is 50.2 Å². The van der Waals surface area contributed by atoms with Crippen LogP contribution in [0.4, 0.5) is 5.69 Å². The van der Waals surface area contributed by atoms with E-state index in [1.54, 1.807) is 42.5 Å². The van der Waals surface area contributed by atoms with Crippen LogP contribution in [-0.2, 0) is 9.53 Å². The smallest absolute Gasteiger partial charge is 0.338 e. The molecule has 7 nitrogen and oxygen atoms in total. The van der Waals surface area contributed by atoms with E-state index in [1.165, 1.54) is 0 Å². The van der Waals surface area contributed by atoms with Crippen molar-refractivity contribution in [3.8, 4) is 0 Å². The lowest BCUT2D eigenvalue weighted by Crippen LogP contribution is -2.43. The van der Waals surface area contributed by atoms with Gasteiger partial charge in [-0.15, -0.1) is 0 Å². The summed E-state index contributed by atoms with van der Waals surface area (Å²) >= 11 is 0. The Labute approximate surface area is 158 Å². The predicted molar refractivity (Wildman–Crippen MR) is 102 cm³/mol. The van der Waals surface area contributed by atoms with Crippen molar-refractivity contribution in [1.82, 2.24) is 10.9 Å². The Morgan fingerprint density at radius 1 is 0.852 bits per heavy atom. The minimum Gasteiger partial charge on any atom is -0.452 e. The van der Waals surface area contributed by atoms with Crippen molar-refractivity contribution in [2.75, 3.05) is 24.6 Å². The van der Waals surface area contributed by atoms with E-state index in [1.807, 2.05) is 12.1 Å². The maximum absolute atomic E-state index is 12.1. The number of amides is 2. The van der Waals surface area contributed by atoms with Gasteiger partial charge in [0.25, 0.3) is 11.8 Å². The third kappa shape index (κ3) is 5.85. The van der Waals surface area contributed by atoms with Crippen LogP contribution in [0, 0.1) is 0 Å². The molecule has 0 aliphatic rings. The standard InChI is InChI=1S/C20H23N3O4/c1-3-23(4-2)17-12-10-15(11-13-17)19(25)22-21-18(24)14-27-20(26)16-8-6-5-7-9-16/h5-13H,3-4,14H2,1-2H3,(H,21,24)(H,22,25). The number of hydrogen-bond acceptors (Lipinski definition) is 5. The van der Waals surface area contributed by atoms with Gasteiger partial charge in [0.2, 0.25) is 0 Å². The lowest BCUT2D eigenvalue weighted by atomic mass is 10.2. The highest BCUT2D eigenvalue weighted by atomic mass is 16.5. The fraction of sp³-hybridized carbons (Fsp3) is 0.250. The molecule has 0 radical (unpaired) electrons. The Bertz CT molecular complexity index is 772. The van der Waals surface area contributed by atoms with E-state index in [2.05, 4.69) is 29.6 Å². The van der Waals surface area contributed by atoms with Crippen molar-refractivity contribution in [3.63, 3.8) is 0 Å². The van der Waals surface area contributed by atoms with Gasteiger partial charge in [0.15, 0.2) is 6.61 Å². The molecule has 142 valence electrons. The van der Waals surface area contributed by atoms with E-state index in [9.17, 15) is 14.4 Å². The maximum Gasteiger partial charge on any atom is 0.338 e. The second-order valence-corrected chi connectivity index (χ2v) is 5.66. The second kappa shape index (κ2) is 9.96. The highest BCUT2D eigenvalue weighted by Crippen LogP contribution is 2.14. The first-order valence-corrected chi connectivity index (χ1v) is 8.71. The van der Waals surface area contributed by atoms with Crippen molar-refractivity contribution in [2.24, 2.45) is 0 Å². The second-order valence-electron chi connectivity index (χ2n) is 5.66. The lowest BCUT2D eigenvalue weighted by molar-refractivity contribution is -0.125. The SMILES string of the molecule is CCN(CC)c1ccc(C(=O)NNC(=O)COC(=O)c2ccccc2)cc1. The topological polar surface area (TPSA) is 87.7 Å². The van der Waals surface area contributed by atoms with Crippen LogP contribution in [0.5, 0.6) is 0 Å². The summed E-state index contributed by atoms with van der Waals surface area (Å²) in [4.78, 5) is 37.7. The highest BCUT2D eigenvalue weighted by molar-refractivity contribution is 5.96. The molecule has 2 aromatic carbocycles. The summed E-state index contributed by atoms with van der Waals surface area (Å²) in [6.45, 7) is 5.38. The Morgan fingerprint density at radius 2 is 1.48 bits per heavy atom. The van der Waals surface area contributed by atoms with Gasteiger partial charge in [0, 0.05) is 24.3 Å². The van der Waals surface area contributed by atoms with Crippen LogP contribution < -0.4 is 15.8 Å². The fourth-order valence-corrected chi connectivity index (χ4v) is 2.44. The molecule has 0 atom stereocenters. The van der Waals surface area contributed by atoms with Crippen LogP contribution in [0.15, 0.2) is 54.6 Å². The first-order valence-electron chi connectivity index (χ1n) is 8.71. The molecular formula is C20H23N3O4. The zero-order valence-corrected chi connectivity index (χ0v) is 15.4. The average Bonchev–Trinajstić information content (AvgIpc) is 2.72. The van der Waals surface area contributed by atoms with Crippen LogP contribution in [-0.4, -0.2) is 37.5 Å². The molecule has 0 spiro atoms. The molecule has 2 amide bonds. The monoisotopic (exact) mass is 369 g/mol. The number of anilines is 1. The molecule has 7 heteroatoms. The van der Waals surface area contributed by atoms with Crippen LogP contribution in [0.3, 0.4) is 0 Å². The number of nitrogens with one attached hydrogen (secondary N) is 2. The first kappa shape index (κ1) is 20.0. The van der Waals surface area contributed by atoms with E-state index >= 15 is 0 Å². The van der Waals surface area contributed by atoms with Crippen molar-refractivity contribution in [3.05, 3.63) is 65.7 Å². The van der Waals surface area contributed by atoms with E-state index < -0.39 is 24.4 Å². The summed E-state index contributed by atoms with van der Waals surface area (Å²) in [6.07, 6.45) is 0. The summed E-state index contributed by atoms with van der Waals surface area (Å²) in [5.74, 6) is -1.69. The summed E-state index contributed by atoms with van der Waals surface area (Å²) in [5, 5.41) is 0. The van der Waals surface area contributed by atoms with Gasteiger partial charge in [0.05, 0.1) is 5.56 Å². The number of benzene rings is 2. The predicted octanol–water partition coefficient (Wildman–Crippen LogP) is 2.15. The Balaban J connectivity index is 1.79. The van der Waals surface area contributed by atoms with Gasteiger partial charge in [-0.25, -0.2) is 4.79 Å². The lowest BCUT2D eigenvalue weighted by Gasteiger charge is -2.21. The minimum absolute atomic E-state index is 0.350. The molecule has 0 bridgehead atoms. The van der Waals surface area contributed by atoms with Crippen molar-refractivity contribution in [2.45, 2.75) is 13.8 Å². The number of hydrazine groups is 1. The average molecular weight is 369 g/mol. The number of esters is 1. The Hall–Kier alpha value is -3.35. The van der Waals surface area contributed by atoms with Crippen LogP contribution >= 0.6 is 0 Å². The molecule has 0 unspecified atom stereocenters. The molecule has 0 saturated carbocycles. The molecule has 0 aromatic heterocycles. The van der Waals surface area contributed by atoms with Crippen LogP contribution in [0.1, 0.15) is 34.6 Å². The fourth-order valence-electron chi connectivity index (χ4n) is 2.44. The largest absolute Gasteiger partial charge is 0.452 e. The van der Waals surface area contributed by atoms with Gasteiger partial charge in [-0.2, -0.15) is 0 Å². The maximum atomic E-state index is 12.1. The molecule has 27 heavy (non-hydrogen) atoms. The molecule has 0 aliphatic heterocycles. The van der Waals surface area contributed by atoms with Crippen LogP contribution in [0.25, 0.3) is 0 Å². The number of ether oxygens (including phenoxy) is 1. The minimum atomic E-state index is -0.632. The van der Waals surface area contributed by atoms with Crippen molar-refractivity contribution < 1.29 is 19.1 Å². The Morgan fingerprint density at radius 3 is 2.07 bits per heavy atom. The highest BCUT2D eigenvalue weighted by Gasteiger charge is 2.11. The molecule has 2 rings (SSSR count). The van der Waals surface area contributed by atoms with Gasteiger partial charge in [-0.1, -0.05) is 18.2 Å². The number of hydrogen-bond donors (Lipinski definition) is 2. The van der Waals surface area contributed by atoms with Gasteiger partial charge in [0.1, 0.15) is 0 Å². The zero-order valence-electron chi connectivity index (χ0n) is 15.4. The van der Waals surface area contributed by atoms with Gasteiger partial charge in [-0.3, -0.25) is 20.4 Å². The van der Waals surface area contributed by atoms with Crippen molar-refractivity contribution >= 4 is 23.5 Å². The quantitative estimate of drug-likeness (QED) is 0.577. The molecule has 0 saturated heterocycles. The number of carbonyl (C=O) groups excluding carboxylic acids is 3. The molecule has 2 N–H and O–H groups in total. The van der Waals surface area contributed by atoms with E-state index in [-0.39, 0.29) is 0 Å². The summed E-state index contributed by atoms with van der Waals surface area (Å²) < 4.78 is 4.89. The third-order valence-corrected chi connectivity index (χ3v) is 3.92. The zero-order chi connectivity index (χ0) is 19.6. The number of rotatable bonds is 7. The normalized spacial score (nSPS) is 10.0. The summed E-state index contributed by atoms with van der Waals surface area (Å²) in [5.41, 5.74) is 6.30. The molecule has 0 aliphatic carbocycles. The first-order chi connectivity index (χ1) is 13.0. The molecule has 0 fully saturated rings. The van der Waals surface area contributed by atoms with Gasteiger partial charge < -0.3 is 9.64 Å². The van der Waals surface area contributed by atoms with Gasteiger partial charge >= 0.3 is 5.97 Å².